The van der Waals surface area contributed by atoms with Crippen LogP contribution < -0.4 is 27.6 Å². The maximum absolute atomic E-state index is 15.1. The SMILES string of the molecule is COC1=c2c(c(=O)[nH]c(=O)n2C2CC2)=CC(F)C1N1CCC(C(N)CO)C1. The summed E-state index contributed by atoms with van der Waals surface area (Å²) in [7, 11) is 1.44. The van der Waals surface area contributed by atoms with Gasteiger partial charge in [-0.3, -0.25) is 19.2 Å². The highest BCUT2D eigenvalue weighted by molar-refractivity contribution is 5.53. The molecule has 1 saturated heterocycles. The van der Waals surface area contributed by atoms with Crippen molar-refractivity contribution in [3.8, 4) is 0 Å². The Bertz CT molecular complexity index is 967. The first-order chi connectivity index (χ1) is 13.0. The molecule has 0 spiro atoms. The molecular formula is C18H25FN4O4. The van der Waals surface area contributed by atoms with E-state index in [0.717, 1.165) is 19.3 Å². The Kier molecular flexibility index (Phi) is 4.69. The van der Waals surface area contributed by atoms with Crippen molar-refractivity contribution in [3.63, 3.8) is 0 Å². The molecule has 1 saturated carbocycles. The molecule has 0 amide bonds. The van der Waals surface area contributed by atoms with Gasteiger partial charge in [0.25, 0.3) is 5.56 Å². The number of H-pyrrole nitrogens is 1. The van der Waals surface area contributed by atoms with E-state index in [1.165, 1.54) is 17.8 Å². The zero-order valence-electron chi connectivity index (χ0n) is 15.2. The lowest BCUT2D eigenvalue weighted by Crippen LogP contribution is -2.60. The average molecular weight is 380 g/mol. The van der Waals surface area contributed by atoms with Gasteiger partial charge in [-0.2, -0.15) is 0 Å². The predicted molar refractivity (Wildman–Crippen MR) is 97.2 cm³/mol. The predicted octanol–water partition coefficient (Wildman–Crippen LogP) is -2.23. The van der Waals surface area contributed by atoms with Crippen LogP contribution >= 0.6 is 0 Å². The molecule has 148 valence electrons. The number of ether oxygens (including phenoxy) is 1. The van der Waals surface area contributed by atoms with E-state index < -0.39 is 23.5 Å². The normalized spacial score (nSPS) is 29.3. The van der Waals surface area contributed by atoms with Gasteiger partial charge < -0.3 is 15.6 Å². The van der Waals surface area contributed by atoms with E-state index in [0.29, 0.717) is 24.2 Å². The van der Waals surface area contributed by atoms with Crippen LogP contribution in [0.4, 0.5) is 4.39 Å². The van der Waals surface area contributed by atoms with Crippen molar-refractivity contribution in [2.24, 2.45) is 11.7 Å². The van der Waals surface area contributed by atoms with E-state index in [-0.39, 0.29) is 29.8 Å². The summed E-state index contributed by atoms with van der Waals surface area (Å²) in [6.07, 6.45) is 2.29. The molecule has 1 aromatic rings. The molecule has 4 N–H and O–H groups in total. The van der Waals surface area contributed by atoms with Crippen LogP contribution in [0.25, 0.3) is 11.8 Å². The van der Waals surface area contributed by atoms with E-state index in [9.17, 15) is 14.7 Å². The van der Waals surface area contributed by atoms with Crippen LogP contribution in [0.1, 0.15) is 25.3 Å². The third kappa shape index (κ3) is 3.03. The van der Waals surface area contributed by atoms with Crippen LogP contribution in [0.3, 0.4) is 0 Å². The topological polar surface area (TPSA) is 114 Å². The van der Waals surface area contributed by atoms with E-state index in [4.69, 9.17) is 10.5 Å². The summed E-state index contributed by atoms with van der Waals surface area (Å²) in [6.45, 7) is 1.02. The van der Waals surface area contributed by atoms with Crippen molar-refractivity contribution < 1.29 is 14.2 Å². The zero-order chi connectivity index (χ0) is 19.3. The number of nitrogens with zero attached hydrogens (tertiary/aromatic N) is 2. The molecule has 0 radical (unpaired) electrons. The number of nitrogens with one attached hydrogen (secondary N) is 1. The number of aromatic nitrogens is 2. The third-order valence-electron chi connectivity index (χ3n) is 5.91. The molecule has 2 aliphatic carbocycles. The van der Waals surface area contributed by atoms with Crippen molar-refractivity contribution in [2.45, 2.75) is 43.6 Å². The van der Waals surface area contributed by atoms with Gasteiger partial charge in [0.2, 0.25) is 0 Å². The number of aliphatic hydroxyl groups is 1. The van der Waals surface area contributed by atoms with E-state index in [1.807, 2.05) is 4.90 Å². The lowest BCUT2D eigenvalue weighted by molar-refractivity contribution is 0.157. The Morgan fingerprint density at radius 1 is 1.41 bits per heavy atom. The van der Waals surface area contributed by atoms with E-state index in [1.54, 1.807) is 0 Å². The van der Waals surface area contributed by atoms with E-state index >= 15 is 4.39 Å². The number of aromatic amines is 1. The highest BCUT2D eigenvalue weighted by atomic mass is 19.1. The second-order valence-corrected chi connectivity index (χ2v) is 7.64. The van der Waals surface area contributed by atoms with Crippen LogP contribution in [0, 0.1) is 5.92 Å². The molecule has 0 aromatic carbocycles. The molecule has 1 aliphatic heterocycles. The number of rotatable bonds is 5. The lowest BCUT2D eigenvalue weighted by atomic mass is 9.99. The molecule has 0 bridgehead atoms. The number of hydrogen-bond acceptors (Lipinski definition) is 6. The number of likely N-dealkylation sites (tertiary alicyclic amines) is 1. The second kappa shape index (κ2) is 6.88. The molecule has 27 heavy (non-hydrogen) atoms. The monoisotopic (exact) mass is 380 g/mol. The van der Waals surface area contributed by atoms with Crippen LogP contribution in [-0.4, -0.2) is 64.6 Å². The molecule has 2 heterocycles. The van der Waals surface area contributed by atoms with Crippen LogP contribution in [0.2, 0.25) is 0 Å². The summed E-state index contributed by atoms with van der Waals surface area (Å²) in [5.74, 6) is 0.375. The fourth-order valence-electron chi connectivity index (χ4n) is 4.34. The molecular weight excluding hydrogens is 355 g/mol. The van der Waals surface area contributed by atoms with Gasteiger partial charge in [-0.05, 0) is 37.8 Å². The molecule has 2 fully saturated rings. The standard InChI is InChI=1S/C18H25FN4O4/c1-27-16-14-11(17(25)21-18(26)23(14)10-2-3-10)6-12(19)15(16)22-5-4-9(7-22)13(20)8-24/h6,9-10,12-13,15,24H,2-5,7-8,20H2,1H3,(H,21,25,26). The number of halogens is 1. The maximum atomic E-state index is 15.1. The first-order valence-electron chi connectivity index (χ1n) is 9.35. The number of hydrogen-bond donors (Lipinski definition) is 3. The van der Waals surface area contributed by atoms with Gasteiger partial charge in [0, 0.05) is 18.6 Å². The summed E-state index contributed by atoms with van der Waals surface area (Å²) < 4.78 is 22.3. The Labute approximate surface area is 154 Å². The van der Waals surface area contributed by atoms with Crippen molar-refractivity contribution in [1.29, 1.82) is 0 Å². The Balaban J connectivity index is 1.86. The van der Waals surface area contributed by atoms with Crippen LogP contribution in [-0.2, 0) is 4.74 Å². The van der Waals surface area contributed by atoms with Crippen molar-refractivity contribution in [2.75, 3.05) is 26.8 Å². The molecule has 8 nitrogen and oxygen atoms in total. The van der Waals surface area contributed by atoms with Crippen molar-refractivity contribution in [1.82, 2.24) is 14.5 Å². The van der Waals surface area contributed by atoms with Crippen LogP contribution in [0.5, 0.6) is 0 Å². The van der Waals surface area contributed by atoms with Gasteiger partial charge in [-0.25, -0.2) is 9.18 Å². The average Bonchev–Trinajstić information content (AvgIpc) is 3.36. The summed E-state index contributed by atoms with van der Waals surface area (Å²) in [4.78, 5) is 29.0. The van der Waals surface area contributed by atoms with E-state index in [2.05, 4.69) is 4.98 Å². The van der Waals surface area contributed by atoms with Gasteiger partial charge in [0.15, 0.2) is 0 Å². The lowest BCUT2D eigenvalue weighted by Gasteiger charge is -2.33. The molecule has 4 atom stereocenters. The molecule has 4 rings (SSSR count). The van der Waals surface area contributed by atoms with Gasteiger partial charge in [0.1, 0.15) is 18.0 Å². The second-order valence-electron chi connectivity index (χ2n) is 7.64. The largest absolute Gasteiger partial charge is 0.497 e. The Morgan fingerprint density at radius 3 is 2.78 bits per heavy atom. The smallest absolute Gasteiger partial charge is 0.329 e. The Hall–Kier alpha value is -1.97. The number of fused-ring (bicyclic) bond motifs is 1. The minimum Gasteiger partial charge on any atom is -0.497 e. The van der Waals surface area contributed by atoms with Crippen molar-refractivity contribution in [3.05, 3.63) is 31.4 Å². The molecule has 3 aliphatic rings. The van der Waals surface area contributed by atoms with Gasteiger partial charge in [-0.1, -0.05) is 0 Å². The highest BCUT2D eigenvalue weighted by Gasteiger charge is 2.40. The summed E-state index contributed by atoms with van der Waals surface area (Å²) in [5, 5.41) is 9.86. The van der Waals surface area contributed by atoms with Gasteiger partial charge in [-0.15, -0.1) is 0 Å². The van der Waals surface area contributed by atoms with Crippen LogP contribution in [0.15, 0.2) is 9.59 Å². The van der Waals surface area contributed by atoms with Gasteiger partial charge >= 0.3 is 5.69 Å². The molecule has 9 heteroatoms. The van der Waals surface area contributed by atoms with Crippen molar-refractivity contribution >= 4 is 11.8 Å². The maximum Gasteiger partial charge on any atom is 0.329 e. The summed E-state index contributed by atoms with van der Waals surface area (Å²) >= 11 is 0. The fourth-order valence-corrected chi connectivity index (χ4v) is 4.34. The minimum absolute atomic E-state index is 0.00704. The number of nitrogens with two attached hydrogens (primary N) is 1. The number of alkyl halides is 1. The Morgan fingerprint density at radius 2 is 2.15 bits per heavy atom. The fraction of sp³-hybridized carbons (Fsp3) is 0.667. The molecule has 1 aromatic heterocycles. The van der Waals surface area contributed by atoms with Gasteiger partial charge in [0.05, 0.1) is 24.3 Å². The number of aliphatic hydroxyl groups excluding tert-OH is 1. The minimum atomic E-state index is -1.44. The zero-order valence-corrected chi connectivity index (χ0v) is 15.2. The summed E-state index contributed by atoms with van der Waals surface area (Å²) in [6, 6.07) is -1.07. The first-order valence-corrected chi connectivity index (χ1v) is 9.35. The third-order valence-corrected chi connectivity index (χ3v) is 5.91. The molecule has 4 unspecified atom stereocenters. The quantitative estimate of drug-likeness (QED) is 0.533. The number of methoxy groups -OCH3 is 1. The summed E-state index contributed by atoms with van der Waals surface area (Å²) in [5.41, 5.74) is 4.88. The first kappa shape index (κ1) is 18.4. The highest BCUT2D eigenvalue weighted by Crippen LogP contribution is 2.33.